The van der Waals surface area contributed by atoms with Gasteiger partial charge in [0.05, 0.1) is 13.2 Å². The van der Waals surface area contributed by atoms with Gasteiger partial charge in [-0.25, -0.2) is 9.38 Å². The fourth-order valence-electron chi connectivity index (χ4n) is 2.82. The topological polar surface area (TPSA) is 45.7 Å². The summed E-state index contributed by atoms with van der Waals surface area (Å²) in [6, 6.07) is 12.8. The summed E-state index contributed by atoms with van der Waals surface area (Å²) in [5.41, 5.74) is 3.58. The Morgan fingerprint density at radius 3 is 2.65 bits per heavy atom. The van der Waals surface area contributed by atoms with Gasteiger partial charge in [0.25, 0.3) is 0 Å². The fraction of sp³-hybridized carbons (Fsp3) is 0.350. The predicted molar refractivity (Wildman–Crippen MR) is 114 cm³/mol. The smallest absolute Gasteiger partial charge is 0.191 e. The molecule has 0 aromatic heterocycles. The molecule has 0 radical (unpaired) electrons. The number of halogens is 2. The molecule has 0 saturated heterocycles. The first kappa shape index (κ1) is 20.5. The van der Waals surface area contributed by atoms with Crippen LogP contribution in [0.4, 0.5) is 4.39 Å². The lowest BCUT2D eigenvalue weighted by Gasteiger charge is -2.12. The maximum Gasteiger partial charge on any atom is 0.191 e. The first-order chi connectivity index (χ1) is 12.2. The molecule has 2 aromatic rings. The van der Waals surface area contributed by atoms with Crippen molar-refractivity contribution in [2.75, 3.05) is 19.7 Å². The molecule has 4 nitrogen and oxygen atoms in total. The largest absolute Gasteiger partial charge is 0.493 e. The summed E-state index contributed by atoms with van der Waals surface area (Å²) in [6.45, 7) is 4.94. The Labute approximate surface area is 171 Å². The van der Waals surface area contributed by atoms with Crippen molar-refractivity contribution in [1.82, 2.24) is 10.6 Å². The van der Waals surface area contributed by atoms with Crippen LogP contribution in [-0.4, -0.2) is 25.7 Å². The second kappa shape index (κ2) is 10.4. The molecule has 0 fully saturated rings. The number of hydrogen-bond acceptors (Lipinski definition) is 2. The Balaban J connectivity index is 0.00000243. The van der Waals surface area contributed by atoms with E-state index in [9.17, 15) is 4.39 Å². The van der Waals surface area contributed by atoms with E-state index in [0.717, 1.165) is 49.8 Å². The van der Waals surface area contributed by atoms with Crippen LogP contribution in [0.5, 0.6) is 5.75 Å². The van der Waals surface area contributed by atoms with Crippen LogP contribution in [0.25, 0.3) is 0 Å². The van der Waals surface area contributed by atoms with Gasteiger partial charge in [-0.2, -0.15) is 0 Å². The number of fused-ring (bicyclic) bond motifs is 1. The maximum atomic E-state index is 12.9. The van der Waals surface area contributed by atoms with Crippen LogP contribution >= 0.6 is 24.0 Å². The number of nitrogens with one attached hydrogen (secondary N) is 2. The van der Waals surface area contributed by atoms with Gasteiger partial charge in [-0.1, -0.05) is 24.3 Å². The second-order valence-electron chi connectivity index (χ2n) is 6.04. The number of guanidine groups is 1. The monoisotopic (exact) mass is 469 g/mol. The van der Waals surface area contributed by atoms with E-state index in [4.69, 9.17) is 4.74 Å². The van der Waals surface area contributed by atoms with Crippen LogP contribution in [-0.2, 0) is 19.4 Å². The Morgan fingerprint density at radius 2 is 1.88 bits per heavy atom. The molecule has 0 spiro atoms. The Morgan fingerprint density at radius 1 is 1.12 bits per heavy atom. The third-order valence-corrected chi connectivity index (χ3v) is 4.14. The lowest BCUT2D eigenvalue weighted by molar-refractivity contribution is 0.357. The molecular weight excluding hydrogens is 444 g/mol. The molecule has 1 aliphatic heterocycles. The standard InChI is InChI=1S/C20H24FN3O.HI/c1-2-22-20(24-14-16-3-6-18(21)7-4-16)23-11-9-15-5-8-19-17(13-15)10-12-25-19;/h3-8,13H,2,9-12,14H2,1H3,(H2,22,23,24);1H. The highest BCUT2D eigenvalue weighted by Crippen LogP contribution is 2.25. The minimum Gasteiger partial charge on any atom is -0.493 e. The Bertz CT molecular complexity index is 734. The first-order valence-electron chi connectivity index (χ1n) is 8.76. The summed E-state index contributed by atoms with van der Waals surface area (Å²) in [4.78, 5) is 4.55. The van der Waals surface area contributed by atoms with Gasteiger partial charge in [-0.05, 0) is 48.2 Å². The SMILES string of the molecule is CCNC(=NCc1ccc(F)cc1)NCCc1ccc2c(c1)CCO2.I. The van der Waals surface area contributed by atoms with Crippen LogP contribution < -0.4 is 15.4 Å². The van der Waals surface area contributed by atoms with Crippen molar-refractivity contribution in [2.24, 2.45) is 4.99 Å². The van der Waals surface area contributed by atoms with Crippen molar-refractivity contribution in [1.29, 1.82) is 0 Å². The van der Waals surface area contributed by atoms with E-state index in [0.29, 0.717) is 6.54 Å². The molecule has 3 rings (SSSR count). The van der Waals surface area contributed by atoms with Crippen molar-refractivity contribution in [3.05, 3.63) is 65.0 Å². The van der Waals surface area contributed by atoms with Crippen molar-refractivity contribution >= 4 is 29.9 Å². The summed E-state index contributed by atoms with van der Waals surface area (Å²) in [5.74, 6) is 1.57. The number of aliphatic imine (C=N–C) groups is 1. The van der Waals surface area contributed by atoms with Gasteiger partial charge < -0.3 is 15.4 Å². The second-order valence-corrected chi connectivity index (χ2v) is 6.04. The number of benzene rings is 2. The number of nitrogens with zero attached hydrogens (tertiary/aromatic N) is 1. The molecule has 0 saturated carbocycles. The van der Waals surface area contributed by atoms with E-state index < -0.39 is 0 Å². The highest BCUT2D eigenvalue weighted by atomic mass is 127. The molecule has 0 amide bonds. The van der Waals surface area contributed by atoms with Gasteiger partial charge in [0, 0.05) is 19.5 Å². The molecular formula is C20H25FIN3O. The molecule has 140 valence electrons. The van der Waals surface area contributed by atoms with Crippen LogP contribution in [0.15, 0.2) is 47.5 Å². The average molecular weight is 469 g/mol. The summed E-state index contributed by atoms with van der Waals surface area (Å²) < 4.78 is 18.5. The Hall–Kier alpha value is -1.83. The number of rotatable bonds is 6. The number of hydrogen-bond donors (Lipinski definition) is 2. The van der Waals surface area contributed by atoms with Crippen molar-refractivity contribution < 1.29 is 9.13 Å². The van der Waals surface area contributed by atoms with Gasteiger partial charge in [-0.3, -0.25) is 0 Å². The van der Waals surface area contributed by atoms with E-state index in [1.165, 1.54) is 23.3 Å². The summed E-state index contributed by atoms with van der Waals surface area (Å²) >= 11 is 0. The van der Waals surface area contributed by atoms with Crippen LogP contribution in [0.1, 0.15) is 23.6 Å². The molecule has 26 heavy (non-hydrogen) atoms. The Kier molecular flexibility index (Phi) is 8.15. The summed E-state index contributed by atoms with van der Waals surface area (Å²) in [5, 5.41) is 6.59. The third-order valence-electron chi connectivity index (χ3n) is 4.14. The van der Waals surface area contributed by atoms with E-state index in [2.05, 4.69) is 33.8 Å². The molecule has 2 N–H and O–H groups in total. The van der Waals surface area contributed by atoms with E-state index in [1.807, 2.05) is 6.92 Å². The van der Waals surface area contributed by atoms with Gasteiger partial charge in [0.1, 0.15) is 11.6 Å². The number of ether oxygens (including phenoxy) is 1. The molecule has 2 aromatic carbocycles. The van der Waals surface area contributed by atoms with Gasteiger partial charge in [0.15, 0.2) is 5.96 Å². The van der Waals surface area contributed by atoms with Crippen LogP contribution in [0, 0.1) is 5.82 Å². The molecule has 1 aliphatic rings. The van der Waals surface area contributed by atoms with Crippen molar-refractivity contribution in [3.8, 4) is 5.75 Å². The zero-order valence-corrected chi connectivity index (χ0v) is 17.3. The lowest BCUT2D eigenvalue weighted by atomic mass is 10.1. The van der Waals surface area contributed by atoms with Crippen molar-refractivity contribution in [3.63, 3.8) is 0 Å². The summed E-state index contributed by atoms with van der Waals surface area (Å²) in [6.07, 6.45) is 1.92. The lowest BCUT2D eigenvalue weighted by Crippen LogP contribution is -2.38. The minimum absolute atomic E-state index is 0. The van der Waals surface area contributed by atoms with Crippen LogP contribution in [0.3, 0.4) is 0 Å². The van der Waals surface area contributed by atoms with Crippen molar-refractivity contribution in [2.45, 2.75) is 26.3 Å². The quantitative estimate of drug-likeness (QED) is 0.386. The van der Waals surface area contributed by atoms with Crippen LogP contribution in [0.2, 0.25) is 0 Å². The molecule has 6 heteroatoms. The predicted octanol–water partition coefficient (Wildman–Crippen LogP) is 3.68. The van der Waals surface area contributed by atoms with E-state index >= 15 is 0 Å². The highest BCUT2D eigenvalue weighted by Gasteiger charge is 2.11. The van der Waals surface area contributed by atoms with Gasteiger partial charge in [-0.15, -0.1) is 24.0 Å². The first-order valence-corrected chi connectivity index (χ1v) is 8.76. The zero-order chi connectivity index (χ0) is 17.5. The normalized spacial score (nSPS) is 12.8. The van der Waals surface area contributed by atoms with Gasteiger partial charge in [0.2, 0.25) is 0 Å². The molecule has 0 aliphatic carbocycles. The maximum absolute atomic E-state index is 12.9. The highest BCUT2D eigenvalue weighted by molar-refractivity contribution is 14.0. The van der Waals surface area contributed by atoms with E-state index in [-0.39, 0.29) is 29.8 Å². The molecule has 0 bridgehead atoms. The van der Waals surface area contributed by atoms with Gasteiger partial charge >= 0.3 is 0 Å². The molecule has 0 atom stereocenters. The molecule has 1 heterocycles. The summed E-state index contributed by atoms with van der Waals surface area (Å²) in [7, 11) is 0. The zero-order valence-electron chi connectivity index (χ0n) is 14.9. The minimum atomic E-state index is -0.225. The average Bonchev–Trinajstić information content (AvgIpc) is 3.09. The van der Waals surface area contributed by atoms with E-state index in [1.54, 1.807) is 12.1 Å². The fourth-order valence-corrected chi connectivity index (χ4v) is 2.82. The third kappa shape index (κ3) is 5.86. The molecule has 0 unspecified atom stereocenters.